The fourth-order valence-electron chi connectivity index (χ4n) is 3.21. The molecule has 2 aromatic rings. The molecule has 9 heteroatoms. The first-order valence-corrected chi connectivity index (χ1v) is 9.73. The van der Waals surface area contributed by atoms with Crippen molar-refractivity contribution in [1.82, 2.24) is 10.2 Å². The van der Waals surface area contributed by atoms with Crippen LogP contribution < -0.4 is 9.62 Å². The van der Waals surface area contributed by atoms with E-state index in [0.717, 1.165) is 19.1 Å². The van der Waals surface area contributed by atoms with Crippen molar-refractivity contribution in [2.75, 3.05) is 29.0 Å². The van der Waals surface area contributed by atoms with E-state index in [0.29, 0.717) is 30.2 Å². The minimum atomic E-state index is -3.41. The van der Waals surface area contributed by atoms with Crippen LogP contribution >= 0.6 is 0 Å². The highest BCUT2D eigenvalue weighted by Crippen LogP contribution is 2.34. The van der Waals surface area contributed by atoms with E-state index in [1.165, 1.54) is 12.3 Å². The normalized spacial score (nSPS) is 18.0. The average molecular weight is 363 g/mol. The van der Waals surface area contributed by atoms with Crippen molar-refractivity contribution in [3.8, 4) is 6.07 Å². The number of nitrogens with zero attached hydrogens (tertiary/aromatic N) is 3. The van der Waals surface area contributed by atoms with Gasteiger partial charge in [-0.05, 0) is 25.0 Å². The monoisotopic (exact) mass is 363 g/mol. The maximum absolute atomic E-state index is 13.9. The molecular formula is C16H18FN5O2S. The second kappa shape index (κ2) is 6.72. The molecule has 1 fully saturated rings. The van der Waals surface area contributed by atoms with Crippen molar-refractivity contribution >= 4 is 21.4 Å². The van der Waals surface area contributed by atoms with Gasteiger partial charge in [-0.15, -0.1) is 0 Å². The molecule has 7 nitrogen and oxygen atoms in total. The van der Waals surface area contributed by atoms with E-state index in [1.807, 2.05) is 11.0 Å². The number of halogens is 1. The van der Waals surface area contributed by atoms with Gasteiger partial charge in [0.15, 0.2) is 0 Å². The van der Waals surface area contributed by atoms with Crippen LogP contribution in [0, 0.1) is 17.1 Å². The summed E-state index contributed by atoms with van der Waals surface area (Å²) in [4.78, 5) is 1.96. The third kappa shape index (κ3) is 3.74. The molecule has 2 N–H and O–H groups in total. The van der Waals surface area contributed by atoms with Crippen molar-refractivity contribution in [2.45, 2.75) is 18.8 Å². The number of piperidine rings is 1. The summed E-state index contributed by atoms with van der Waals surface area (Å²) >= 11 is 0. The Hall–Kier alpha value is -2.60. The second-order valence-electron chi connectivity index (χ2n) is 6.10. The first-order valence-electron chi connectivity index (χ1n) is 7.83. The molecule has 0 bridgehead atoms. The lowest BCUT2D eigenvalue weighted by Gasteiger charge is -2.34. The van der Waals surface area contributed by atoms with Gasteiger partial charge in [-0.3, -0.25) is 9.82 Å². The van der Waals surface area contributed by atoms with E-state index in [2.05, 4.69) is 14.9 Å². The van der Waals surface area contributed by atoms with E-state index in [1.54, 1.807) is 12.1 Å². The molecular weight excluding hydrogens is 345 g/mol. The number of hydrogen-bond acceptors (Lipinski definition) is 5. The second-order valence-corrected chi connectivity index (χ2v) is 7.85. The fraction of sp³-hybridized carbons (Fsp3) is 0.375. The number of rotatable bonds is 4. The van der Waals surface area contributed by atoms with Gasteiger partial charge in [0.05, 0.1) is 29.5 Å². The van der Waals surface area contributed by atoms with E-state index < -0.39 is 15.8 Å². The van der Waals surface area contributed by atoms with Crippen molar-refractivity contribution in [3.05, 3.63) is 41.5 Å². The highest BCUT2D eigenvalue weighted by molar-refractivity contribution is 7.92. The van der Waals surface area contributed by atoms with E-state index in [9.17, 15) is 18.1 Å². The van der Waals surface area contributed by atoms with Crippen LogP contribution in [0.5, 0.6) is 0 Å². The van der Waals surface area contributed by atoms with Gasteiger partial charge >= 0.3 is 0 Å². The SMILES string of the molecule is CS(=O)(=O)Nc1cn[nH]c1[C@H]1CCCN(c2cccc(F)c2C#N)C1. The van der Waals surface area contributed by atoms with Crippen molar-refractivity contribution in [2.24, 2.45) is 0 Å². The minimum absolute atomic E-state index is 0.00434. The predicted molar refractivity (Wildman–Crippen MR) is 92.4 cm³/mol. The molecule has 0 amide bonds. The standard InChI is InChI=1S/C16H18FN5O2S/c1-25(23,24)21-14-9-19-20-16(14)11-4-3-7-22(10-11)15-6-2-5-13(17)12(15)8-18/h2,5-6,9,11,21H,3-4,7,10H2,1H3,(H,19,20)/t11-/m0/s1. The number of nitriles is 1. The zero-order valence-electron chi connectivity index (χ0n) is 13.7. The Labute approximate surface area is 145 Å². The zero-order chi connectivity index (χ0) is 18.0. The van der Waals surface area contributed by atoms with Crippen LogP contribution in [-0.2, 0) is 10.0 Å². The van der Waals surface area contributed by atoms with Gasteiger partial charge in [0, 0.05) is 19.0 Å². The molecule has 0 aliphatic carbocycles. The Balaban J connectivity index is 1.87. The van der Waals surface area contributed by atoms with E-state index in [4.69, 9.17) is 0 Å². The predicted octanol–water partition coefficient (Wildman–Crippen LogP) is 2.18. The molecule has 0 spiro atoms. The zero-order valence-corrected chi connectivity index (χ0v) is 14.5. The smallest absolute Gasteiger partial charge is 0.229 e. The van der Waals surface area contributed by atoms with Crippen LogP contribution in [0.3, 0.4) is 0 Å². The number of hydrogen-bond donors (Lipinski definition) is 2. The van der Waals surface area contributed by atoms with Gasteiger partial charge in [0.25, 0.3) is 0 Å². The number of aromatic nitrogens is 2. The quantitative estimate of drug-likeness (QED) is 0.867. The largest absolute Gasteiger partial charge is 0.370 e. The summed E-state index contributed by atoms with van der Waals surface area (Å²) in [5, 5.41) is 16.1. The number of nitrogens with one attached hydrogen (secondary N) is 2. The molecule has 2 heterocycles. The summed E-state index contributed by atoms with van der Waals surface area (Å²) in [5.74, 6) is -0.543. The Kier molecular flexibility index (Phi) is 4.63. The summed E-state index contributed by atoms with van der Waals surface area (Å²) < 4.78 is 39.3. The molecule has 1 aromatic heterocycles. The van der Waals surface area contributed by atoms with Crippen LogP contribution in [0.15, 0.2) is 24.4 Å². The molecule has 1 saturated heterocycles. The first kappa shape index (κ1) is 17.2. The summed E-state index contributed by atoms with van der Waals surface area (Å²) in [6, 6.07) is 6.51. The molecule has 0 radical (unpaired) electrons. The Morgan fingerprint density at radius 2 is 2.28 bits per heavy atom. The Bertz CT molecular complexity index is 919. The first-order chi connectivity index (χ1) is 11.9. The third-order valence-corrected chi connectivity index (χ3v) is 4.83. The minimum Gasteiger partial charge on any atom is -0.370 e. The highest BCUT2D eigenvalue weighted by atomic mass is 32.2. The topological polar surface area (TPSA) is 102 Å². The number of anilines is 2. The summed E-state index contributed by atoms with van der Waals surface area (Å²) in [6.07, 6.45) is 4.21. The lowest BCUT2D eigenvalue weighted by Crippen LogP contribution is -2.35. The number of sulfonamides is 1. The molecule has 25 heavy (non-hydrogen) atoms. The lowest BCUT2D eigenvalue weighted by atomic mass is 9.93. The van der Waals surface area contributed by atoms with Crippen LogP contribution in [0.1, 0.15) is 30.0 Å². The summed E-state index contributed by atoms with van der Waals surface area (Å²) in [5.41, 5.74) is 1.71. The Morgan fingerprint density at radius 1 is 1.48 bits per heavy atom. The van der Waals surface area contributed by atoms with E-state index >= 15 is 0 Å². The van der Waals surface area contributed by atoms with Crippen LogP contribution in [0.4, 0.5) is 15.8 Å². The number of aromatic amines is 1. The summed E-state index contributed by atoms with van der Waals surface area (Å²) in [7, 11) is -3.41. The number of H-pyrrole nitrogens is 1. The maximum Gasteiger partial charge on any atom is 0.229 e. The van der Waals surface area contributed by atoms with Gasteiger partial charge in [-0.25, -0.2) is 12.8 Å². The molecule has 3 rings (SSSR count). The molecule has 1 aromatic carbocycles. The van der Waals surface area contributed by atoms with Crippen LogP contribution in [-0.4, -0.2) is 38.0 Å². The van der Waals surface area contributed by atoms with Gasteiger partial charge in [0.1, 0.15) is 17.4 Å². The molecule has 132 valence electrons. The maximum atomic E-state index is 13.9. The van der Waals surface area contributed by atoms with Crippen molar-refractivity contribution in [1.29, 1.82) is 5.26 Å². The van der Waals surface area contributed by atoms with Gasteiger partial charge < -0.3 is 4.90 Å². The summed E-state index contributed by atoms with van der Waals surface area (Å²) in [6.45, 7) is 1.25. The van der Waals surface area contributed by atoms with Gasteiger partial charge in [0.2, 0.25) is 10.0 Å². The van der Waals surface area contributed by atoms with Crippen LogP contribution in [0.25, 0.3) is 0 Å². The lowest BCUT2D eigenvalue weighted by molar-refractivity contribution is 0.500. The molecule has 0 saturated carbocycles. The highest BCUT2D eigenvalue weighted by Gasteiger charge is 2.27. The average Bonchev–Trinajstić information content (AvgIpc) is 3.01. The van der Waals surface area contributed by atoms with Crippen molar-refractivity contribution in [3.63, 3.8) is 0 Å². The fourth-order valence-corrected chi connectivity index (χ4v) is 3.77. The van der Waals surface area contributed by atoms with E-state index in [-0.39, 0.29) is 11.5 Å². The van der Waals surface area contributed by atoms with Gasteiger partial charge in [-0.1, -0.05) is 6.07 Å². The molecule has 0 unspecified atom stereocenters. The van der Waals surface area contributed by atoms with Gasteiger partial charge in [-0.2, -0.15) is 10.4 Å². The Morgan fingerprint density at radius 3 is 3.00 bits per heavy atom. The molecule has 1 aliphatic rings. The molecule has 1 atom stereocenters. The molecule has 1 aliphatic heterocycles. The number of benzene rings is 1. The third-order valence-electron chi connectivity index (χ3n) is 4.24. The van der Waals surface area contributed by atoms with Crippen LogP contribution in [0.2, 0.25) is 0 Å². The van der Waals surface area contributed by atoms with Crippen molar-refractivity contribution < 1.29 is 12.8 Å².